The van der Waals surface area contributed by atoms with Gasteiger partial charge in [-0.15, -0.1) is 0 Å². The summed E-state index contributed by atoms with van der Waals surface area (Å²) in [6, 6.07) is 9.73. The summed E-state index contributed by atoms with van der Waals surface area (Å²) in [4.78, 5) is 27.3. The van der Waals surface area contributed by atoms with Crippen LogP contribution in [0.1, 0.15) is 16.1 Å². The van der Waals surface area contributed by atoms with Crippen molar-refractivity contribution in [1.82, 2.24) is 4.98 Å². The third-order valence-electron chi connectivity index (χ3n) is 2.93. The minimum absolute atomic E-state index is 0.111. The Morgan fingerprint density at radius 3 is 2.48 bits per heavy atom. The molecule has 0 atom stereocenters. The van der Waals surface area contributed by atoms with Crippen LogP contribution in [0.2, 0.25) is 0 Å². The average Bonchev–Trinajstić information content (AvgIpc) is 2.53. The summed E-state index contributed by atoms with van der Waals surface area (Å²) >= 11 is 0. The third-order valence-corrected chi connectivity index (χ3v) is 2.93. The van der Waals surface area contributed by atoms with Gasteiger partial charge in [0.25, 0.3) is 0 Å². The molecule has 0 aliphatic rings. The van der Waals surface area contributed by atoms with Crippen LogP contribution in [-0.2, 0) is 6.54 Å². The van der Waals surface area contributed by atoms with Crippen molar-refractivity contribution in [3.8, 4) is 5.75 Å². The van der Waals surface area contributed by atoms with Gasteiger partial charge in [0.2, 0.25) is 0 Å². The van der Waals surface area contributed by atoms with Gasteiger partial charge in [0.15, 0.2) is 0 Å². The average molecular weight is 286 g/mol. The molecule has 2 rings (SSSR count). The third kappa shape index (κ3) is 3.56. The number of amides is 1. The fourth-order valence-electron chi connectivity index (χ4n) is 1.79. The lowest BCUT2D eigenvalue weighted by molar-refractivity contribution is 0.112. The van der Waals surface area contributed by atoms with E-state index < -0.39 is 6.09 Å². The number of nitrogens with zero attached hydrogens (tertiary/aromatic N) is 2. The first kappa shape index (κ1) is 14.5. The van der Waals surface area contributed by atoms with Crippen molar-refractivity contribution in [3.63, 3.8) is 0 Å². The molecule has 1 N–H and O–H groups in total. The summed E-state index contributed by atoms with van der Waals surface area (Å²) in [6.07, 6.45) is 1.15. The maximum atomic E-state index is 11.4. The fraction of sp³-hybridized carbons (Fsp3) is 0.133. The van der Waals surface area contributed by atoms with Gasteiger partial charge < -0.3 is 9.84 Å². The van der Waals surface area contributed by atoms with Crippen molar-refractivity contribution >= 4 is 18.1 Å². The number of aldehydes is 1. The van der Waals surface area contributed by atoms with Crippen LogP contribution in [0.25, 0.3) is 0 Å². The summed E-state index contributed by atoms with van der Waals surface area (Å²) in [5.41, 5.74) is 1.56. The molecule has 1 aromatic heterocycles. The summed E-state index contributed by atoms with van der Waals surface area (Å²) in [5.74, 6) is 0.607. The van der Waals surface area contributed by atoms with Crippen LogP contribution in [0.4, 0.5) is 10.5 Å². The summed E-state index contributed by atoms with van der Waals surface area (Å²) < 4.78 is 5.01. The van der Waals surface area contributed by atoms with Gasteiger partial charge in [0.05, 0.1) is 25.5 Å². The maximum Gasteiger partial charge on any atom is 0.412 e. The Balaban J connectivity index is 2.21. The molecule has 1 aromatic carbocycles. The molecule has 0 fully saturated rings. The molecule has 0 aliphatic carbocycles. The minimum Gasteiger partial charge on any atom is -0.495 e. The molecular weight excluding hydrogens is 272 g/mol. The van der Waals surface area contributed by atoms with Crippen molar-refractivity contribution in [2.45, 2.75) is 6.54 Å². The molecule has 0 spiro atoms. The van der Waals surface area contributed by atoms with Crippen molar-refractivity contribution < 1.29 is 19.4 Å². The second-order valence-electron chi connectivity index (χ2n) is 4.27. The number of aromatic nitrogens is 1. The van der Waals surface area contributed by atoms with E-state index in [1.54, 1.807) is 36.4 Å². The van der Waals surface area contributed by atoms with E-state index in [0.29, 0.717) is 29.0 Å². The predicted octanol–water partition coefficient (Wildman–Crippen LogP) is 2.59. The molecule has 1 heterocycles. The van der Waals surface area contributed by atoms with E-state index in [0.717, 1.165) is 4.90 Å². The second-order valence-corrected chi connectivity index (χ2v) is 4.27. The first-order valence-corrected chi connectivity index (χ1v) is 6.18. The molecule has 0 radical (unpaired) electrons. The number of methoxy groups -OCH3 is 1. The topological polar surface area (TPSA) is 79.7 Å². The van der Waals surface area contributed by atoms with Crippen LogP contribution < -0.4 is 9.64 Å². The Morgan fingerprint density at radius 2 is 2.00 bits per heavy atom. The minimum atomic E-state index is -1.09. The number of hydrogen-bond acceptors (Lipinski definition) is 4. The number of anilines is 1. The summed E-state index contributed by atoms with van der Waals surface area (Å²) in [6.45, 7) is 0.111. The van der Waals surface area contributed by atoms with Gasteiger partial charge in [-0.3, -0.25) is 14.7 Å². The lowest BCUT2D eigenvalue weighted by Gasteiger charge is -2.19. The molecule has 0 saturated carbocycles. The smallest absolute Gasteiger partial charge is 0.412 e. The Hall–Kier alpha value is -2.89. The number of carbonyl (C=O) groups is 2. The van der Waals surface area contributed by atoms with Crippen LogP contribution in [0.5, 0.6) is 5.75 Å². The predicted molar refractivity (Wildman–Crippen MR) is 76.8 cm³/mol. The highest BCUT2D eigenvalue weighted by Crippen LogP contribution is 2.18. The van der Waals surface area contributed by atoms with E-state index >= 15 is 0 Å². The van der Waals surface area contributed by atoms with E-state index in [9.17, 15) is 14.7 Å². The van der Waals surface area contributed by atoms with Gasteiger partial charge >= 0.3 is 6.09 Å². The molecule has 0 bridgehead atoms. The number of rotatable bonds is 5. The zero-order chi connectivity index (χ0) is 15.2. The highest BCUT2D eigenvalue weighted by molar-refractivity contribution is 5.86. The van der Waals surface area contributed by atoms with E-state index in [4.69, 9.17) is 4.74 Å². The van der Waals surface area contributed by atoms with E-state index in [1.807, 2.05) is 0 Å². The summed E-state index contributed by atoms with van der Waals surface area (Å²) in [7, 11) is 1.54. The molecule has 1 amide bonds. The highest BCUT2D eigenvalue weighted by atomic mass is 16.5. The van der Waals surface area contributed by atoms with Gasteiger partial charge in [-0.25, -0.2) is 4.79 Å². The summed E-state index contributed by atoms with van der Waals surface area (Å²) in [5, 5.41) is 9.32. The molecule has 6 nitrogen and oxygen atoms in total. The van der Waals surface area contributed by atoms with Crippen LogP contribution in [-0.4, -0.2) is 29.6 Å². The molecule has 108 valence electrons. The number of carbonyl (C=O) groups excluding carboxylic acids is 1. The van der Waals surface area contributed by atoms with Crippen LogP contribution in [0, 0.1) is 0 Å². The van der Waals surface area contributed by atoms with Gasteiger partial charge in [-0.05, 0) is 36.4 Å². The fourth-order valence-corrected chi connectivity index (χ4v) is 1.79. The Kier molecular flexibility index (Phi) is 4.50. The standard InChI is InChI=1S/C15H14N2O4/c1-21-14-7-4-12(16-8-14)9-17(15(19)20)13-5-2-11(10-18)3-6-13/h2-8,10H,9H2,1H3,(H,19,20). The van der Waals surface area contributed by atoms with Gasteiger partial charge in [-0.2, -0.15) is 0 Å². The van der Waals surface area contributed by atoms with Crippen molar-refractivity contribution in [1.29, 1.82) is 0 Å². The molecule has 2 aromatic rings. The molecule has 0 unspecified atom stereocenters. The molecule has 21 heavy (non-hydrogen) atoms. The van der Waals surface area contributed by atoms with Gasteiger partial charge in [0, 0.05) is 11.3 Å². The largest absolute Gasteiger partial charge is 0.495 e. The van der Waals surface area contributed by atoms with E-state index in [2.05, 4.69) is 4.98 Å². The first-order chi connectivity index (χ1) is 10.1. The number of ether oxygens (including phenoxy) is 1. The van der Waals surface area contributed by atoms with Crippen LogP contribution >= 0.6 is 0 Å². The zero-order valence-corrected chi connectivity index (χ0v) is 11.4. The Morgan fingerprint density at radius 1 is 1.29 bits per heavy atom. The van der Waals surface area contributed by atoms with Crippen LogP contribution in [0.15, 0.2) is 42.6 Å². The number of pyridine rings is 1. The quantitative estimate of drug-likeness (QED) is 0.854. The first-order valence-electron chi connectivity index (χ1n) is 6.18. The normalized spacial score (nSPS) is 9.95. The van der Waals surface area contributed by atoms with Gasteiger partial charge in [-0.1, -0.05) is 0 Å². The maximum absolute atomic E-state index is 11.4. The van der Waals surface area contributed by atoms with Gasteiger partial charge in [0.1, 0.15) is 12.0 Å². The number of carboxylic acid groups (broad SMARTS) is 1. The Bertz CT molecular complexity index is 623. The molecule has 6 heteroatoms. The lowest BCUT2D eigenvalue weighted by Crippen LogP contribution is -2.28. The molecule has 0 aliphatic heterocycles. The molecule has 0 saturated heterocycles. The van der Waals surface area contributed by atoms with Crippen molar-refractivity contribution in [2.24, 2.45) is 0 Å². The number of benzene rings is 1. The van der Waals surface area contributed by atoms with E-state index in [-0.39, 0.29) is 6.54 Å². The van der Waals surface area contributed by atoms with E-state index in [1.165, 1.54) is 13.3 Å². The second kappa shape index (κ2) is 6.51. The monoisotopic (exact) mass is 286 g/mol. The zero-order valence-electron chi connectivity index (χ0n) is 11.4. The van der Waals surface area contributed by atoms with Crippen molar-refractivity contribution in [2.75, 3.05) is 12.0 Å². The Labute approximate surface area is 121 Å². The van der Waals surface area contributed by atoms with Crippen molar-refractivity contribution in [3.05, 3.63) is 53.9 Å². The number of hydrogen-bond donors (Lipinski definition) is 1. The highest BCUT2D eigenvalue weighted by Gasteiger charge is 2.15. The SMILES string of the molecule is COc1ccc(CN(C(=O)O)c2ccc(C=O)cc2)nc1. The molecular formula is C15H14N2O4. The lowest BCUT2D eigenvalue weighted by atomic mass is 10.2. The van der Waals surface area contributed by atoms with Crippen LogP contribution in [0.3, 0.4) is 0 Å².